The third kappa shape index (κ3) is 5.08. The fourth-order valence-corrected chi connectivity index (χ4v) is 3.87. The smallest absolute Gasteiger partial charge is 0.234 e. The molecular formula is C19H18N2O2S2. The second-order valence-electron chi connectivity index (χ2n) is 5.28. The molecule has 1 amide bonds. The van der Waals surface area contributed by atoms with E-state index in [1.165, 1.54) is 0 Å². The summed E-state index contributed by atoms with van der Waals surface area (Å²) in [5.41, 5.74) is 2.85. The topological polar surface area (TPSA) is 51.2 Å². The molecule has 128 valence electrons. The molecule has 0 spiro atoms. The van der Waals surface area contributed by atoms with Crippen molar-refractivity contribution < 1.29 is 9.53 Å². The van der Waals surface area contributed by atoms with Gasteiger partial charge in [0.25, 0.3) is 0 Å². The largest absolute Gasteiger partial charge is 0.497 e. The van der Waals surface area contributed by atoms with Gasteiger partial charge in [0.1, 0.15) is 10.8 Å². The zero-order valence-electron chi connectivity index (χ0n) is 13.8. The average Bonchev–Trinajstić information content (AvgIpc) is 3.11. The van der Waals surface area contributed by atoms with Gasteiger partial charge in [0.15, 0.2) is 0 Å². The first-order valence-electron chi connectivity index (χ1n) is 7.76. The number of hydrogen-bond donors (Lipinski definition) is 1. The van der Waals surface area contributed by atoms with E-state index in [9.17, 15) is 4.79 Å². The summed E-state index contributed by atoms with van der Waals surface area (Å²) in [6.45, 7) is 0. The minimum atomic E-state index is -0.000510. The van der Waals surface area contributed by atoms with Crippen LogP contribution in [0.25, 0.3) is 10.6 Å². The molecule has 3 aromatic rings. The van der Waals surface area contributed by atoms with E-state index in [2.05, 4.69) is 10.3 Å². The van der Waals surface area contributed by atoms with E-state index in [-0.39, 0.29) is 5.91 Å². The third-order valence-corrected chi connectivity index (χ3v) is 5.32. The van der Waals surface area contributed by atoms with Crippen LogP contribution < -0.4 is 10.1 Å². The zero-order valence-corrected chi connectivity index (χ0v) is 15.4. The van der Waals surface area contributed by atoms with Crippen molar-refractivity contribution in [2.45, 2.75) is 5.75 Å². The van der Waals surface area contributed by atoms with Crippen molar-refractivity contribution in [2.75, 3.05) is 18.2 Å². The fraction of sp³-hybridized carbons (Fsp3) is 0.158. The van der Waals surface area contributed by atoms with Crippen LogP contribution in [0.4, 0.5) is 5.69 Å². The molecule has 1 aromatic heterocycles. The molecule has 25 heavy (non-hydrogen) atoms. The van der Waals surface area contributed by atoms with Crippen molar-refractivity contribution in [2.24, 2.45) is 0 Å². The minimum absolute atomic E-state index is 0.000510. The first kappa shape index (κ1) is 17.5. The number of hydrogen-bond acceptors (Lipinski definition) is 5. The molecule has 0 aliphatic heterocycles. The van der Waals surface area contributed by atoms with Crippen LogP contribution in [-0.4, -0.2) is 23.8 Å². The van der Waals surface area contributed by atoms with E-state index >= 15 is 0 Å². The predicted molar refractivity (Wildman–Crippen MR) is 105 cm³/mol. The fourth-order valence-electron chi connectivity index (χ4n) is 2.23. The van der Waals surface area contributed by atoms with Gasteiger partial charge in [0, 0.05) is 22.4 Å². The van der Waals surface area contributed by atoms with E-state index in [4.69, 9.17) is 4.74 Å². The first-order valence-corrected chi connectivity index (χ1v) is 9.79. The zero-order chi connectivity index (χ0) is 17.5. The number of carbonyl (C=O) groups excluding carboxylic acids is 1. The summed E-state index contributed by atoms with van der Waals surface area (Å²) in [5, 5.41) is 5.88. The Morgan fingerprint density at radius 1 is 1.20 bits per heavy atom. The number of ether oxygens (including phenoxy) is 1. The maximum absolute atomic E-state index is 11.9. The van der Waals surface area contributed by atoms with Gasteiger partial charge in [0.05, 0.1) is 18.6 Å². The molecule has 2 aromatic carbocycles. The lowest BCUT2D eigenvalue weighted by Gasteiger charge is -2.04. The number of aromatic nitrogens is 1. The summed E-state index contributed by atoms with van der Waals surface area (Å²) in [7, 11) is 1.66. The van der Waals surface area contributed by atoms with Crippen molar-refractivity contribution in [1.29, 1.82) is 0 Å². The van der Waals surface area contributed by atoms with E-state index in [0.717, 1.165) is 27.7 Å². The van der Waals surface area contributed by atoms with Crippen molar-refractivity contribution in [1.82, 2.24) is 4.98 Å². The van der Waals surface area contributed by atoms with E-state index in [1.54, 1.807) is 30.2 Å². The normalized spacial score (nSPS) is 10.4. The summed E-state index contributed by atoms with van der Waals surface area (Å²) >= 11 is 3.16. The van der Waals surface area contributed by atoms with Gasteiger partial charge in [-0.3, -0.25) is 4.79 Å². The first-order chi connectivity index (χ1) is 12.2. The highest BCUT2D eigenvalue weighted by Gasteiger charge is 2.08. The number of carbonyl (C=O) groups is 1. The molecule has 0 aliphatic rings. The van der Waals surface area contributed by atoms with Gasteiger partial charge >= 0.3 is 0 Å². The Balaban J connectivity index is 1.51. The van der Waals surface area contributed by atoms with Crippen molar-refractivity contribution in [3.8, 4) is 16.3 Å². The molecule has 0 aliphatic carbocycles. The molecule has 0 saturated heterocycles. The molecule has 1 heterocycles. The van der Waals surface area contributed by atoms with Crippen molar-refractivity contribution >= 4 is 34.7 Å². The van der Waals surface area contributed by atoms with Gasteiger partial charge in [0.2, 0.25) is 5.91 Å². The Bertz CT molecular complexity index is 834. The average molecular weight is 370 g/mol. The number of benzene rings is 2. The summed E-state index contributed by atoms with van der Waals surface area (Å²) < 4.78 is 5.25. The molecule has 0 unspecified atom stereocenters. The van der Waals surface area contributed by atoms with Gasteiger partial charge < -0.3 is 10.1 Å². The highest BCUT2D eigenvalue weighted by molar-refractivity contribution is 7.99. The quantitative estimate of drug-likeness (QED) is 0.655. The van der Waals surface area contributed by atoms with Crippen LogP contribution in [0.1, 0.15) is 5.69 Å². The predicted octanol–water partition coefficient (Wildman–Crippen LogP) is 4.69. The highest BCUT2D eigenvalue weighted by Crippen LogP contribution is 2.28. The number of rotatable bonds is 7. The van der Waals surface area contributed by atoms with Gasteiger partial charge in [-0.25, -0.2) is 4.98 Å². The maximum atomic E-state index is 11.9. The number of nitrogens with one attached hydrogen (secondary N) is 1. The summed E-state index contributed by atoms with van der Waals surface area (Å²) in [5.74, 6) is 1.93. The van der Waals surface area contributed by atoms with Crippen LogP contribution in [0.3, 0.4) is 0 Å². The number of anilines is 1. The molecule has 0 atom stereocenters. The lowest BCUT2D eigenvalue weighted by molar-refractivity contribution is -0.113. The summed E-state index contributed by atoms with van der Waals surface area (Å²) in [4.78, 5) is 16.6. The Morgan fingerprint density at radius 3 is 2.84 bits per heavy atom. The molecule has 3 rings (SSSR count). The third-order valence-electron chi connectivity index (χ3n) is 3.41. The number of thiazole rings is 1. The van der Waals surface area contributed by atoms with Crippen LogP contribution in [0.15, 0.2) is 60.0 Å². The Hall–Kier alpha value is -2.31. The molecule has 0 saturated carbocycles. The number of amides is 1. The van der Waals surface area contributed by atoms with Crippen molar-refractivity contribution in [3.05, 3.63) is 65.7 Å². The van der Waals surface area contributed by atoms with Crippen LogP contribution >= 0.6 is 23.1 Å². The summed E-state index contributed by atoms with van der Waals surface area (Å²) in [6.07, 6.45) is 0. The van der Waals surface area contributed by atoms with Gasteiger partial charge in [-0.05, 0) is 24.3 Å². The molecular weight excluding hydrogens is 352 g/mol. The van der Waals surface area contributed by atoms with Crippen LogP contribution in [0, 0.1) is 0 Å². The highest BCUT2D eigenvalue weighted by atomic mass is 32.2. The second-order valence-corrected chi connectivity index (χ2v) is 7.13. The van der Waals surface area contributed by atoms with E-state index in [1.807, 2.05) is 60.0 Å². The molecule has 4 nitrogen and oxygen atoms in total. The van der Waals surface area contributed by atoms with E-state index < -0.39 is 0 Å². The minimum Gasteiger partial charge on any atom is -0.497 e. The lowest BCUT2D eigenvalue weighted by Crippen LogP contribution is -2.13. The Labute approximate surface area is 155 Å². The van der Waals surface area contributed by atoms with Crippen LogP contribution in [0.5, 0.6) is 5.75 Å². The molecule has 6 heteroatoms. The molecule has 0 fully saturated rings. The van der Waals surface area contributed by atoms with Crippen LogP contribution in [0.2, 0.25) is 0 Å². The monoisotopic (exact) mass is 370 g/mol. The Kier molecular flexibility index (Phi) is 6.09. The van der Waals surface area contributed by atoms with Gasteiger partial charge in [-0.15, -0.1) is 23.1 Å². The SMILES string of the molecule is COc1cccc(-c2nc(CSCC(=O)Nc3ccccc3)cs2)c1. The van der Waals surface area contributed by atoms with Gasteiger partial charge in [-0.2, -0.15) is 0 Å². The van der Waals surface area contributed by atoms with Gasteiger partial charge in [-0.1, -0.05) is 30.3 Å². The molecule has 0 radical (unpaired) electrons. The molecule has 1 N–H and O–H groups in total. The number of para-hydroxylation sites is 1. The lowest BCUT2D eigenvalue weighted by atomic mass is 10.2. The number of methoxy groups -OCH3 is 1. The standard InChI is InChI=1S/C19H18N2O2S2/c1-23-17-9-5-6-14(10-17)19-21-16(12-25-19)11-24-13-18(22)20-15-7-3-2-4-8-15/h2-10,12H,11,13H2,1H3,(H,20,22). The summed E-state index contributed by atoms with van der Waals surface area (Å²) in [6, 6.07) is 17.3. The Morgan fingerprint density at radius 2 is 2.04 bits per heavy atom. The maximum Gasteiger partial charge on any atom is 0.234 e. The van der Waals surface area contributed by atoms with Crippen molar-refractivity contribution in [3.63, 3.8) is 0 Å². The number of thioether (sulfide) groups is 1. The van der Waals surface area contributed by atoms with Crippen LogP contribution in [-0.2, 0) is 10.5 Å². The molecule has 0 bridgehead atoms. The number of nitrogens with zero attached hydrogens (tertiary/aromatic N) is 1. The van der Waals surface area contributed by atoms with E-state index in [0.29, 0.717) is 11.5 Å². The second kappa shape index (κ2) is 8.69.